The summed E-state index contributed by atoms with van der Waals surface area (Å²) in [5.74, 6) is -0.389. The zero-order valence-corrected chi connectivity index (χ0v) is 32.0. The molecule has 290 valence electrons. The number of likely N-dealkylation sites (tertiary alicyclic amines) is 1. The Balaban J connectivity index is 1.23. The number of carboxylic acid groups (broad SMARTS) is 1. The van der Waals surface area contributed by atoms with E-state index in [4.69, 9.17) is 14.6 Å². The molecule has 54 heavy (non-hydrogen) atoms. The van der Waals surface area contributed by atoms with Crippen LogP contribution >= 0.6 is 0 Å². The summed E-state index contributed by atoms with van der Waals surface area (Å²) in [6, 6.07) is 24.3. The molecule has 3 aromatic rings. The van der Waals surface area contributed by atoms with E-state index in [-0.39, 0.29) is 55.1 Å². The standard InChI is InChI=1S/C44H57N3O7/c1-44(2,3)46-42(52)38-22-21-31-10-4-5-14-37(31)47(38)27-36-25-39(32-19-17-29(28-48)18-20-32)54-43(53-36)35-13-7-12-34(24-35)33-11-6-9-30(23-33)26-45-40(49)15-8-16-41(50)51/h6-7,9,11-13,17-20,23-24,31,36-39,43,48H,4-5,8,10,14-16,21-22,25-28H2,1-3H3,(H,45,49)(H,46,52)(H,50,51). The third-order valence-electron chi connectivity index (χ3n) is 11.0. The van der Waals surface area contributed by atoms with Crippen LogP contribution in [0.15, 0.2) is 72.8 Å². The van der Waals surface area contributed by atoms with Gasteiger partial charge in [0.1, 0.15) is 0 Å². The average Bonchev–Trinajstić information content (AvgIpc) is 3.16. The highest BCUT2D eigenvalue weighted by atomic mass is 16.7. The molecule has 0 bridgehead atoms. The van der Waals surface area contributed by atoms with E-state index in [1.807, 2.05) is 87.5 Å². The second-order valence-electron chi connectivity index (χ2n) is 16.3. The smallest absolute Gasteiger partial charge is 0.303 e. The first kappa shape index (κ1) is 39.6. The molecule has 6 rings (SSSR count). The van der Waals surface area contributed by atoms with Crippen LogP contribution in [0.25, 0.3) is 11.1 Å². The Morgan fingerprint density at radius 1 is 0.833 bits per heavy atom. The molecule has 4 N–H and O–H groups in total. The number of ether oxygens (including phenoxy) is 2. The summed E-state index contributed by atoms with van der Waals surface area (Å²) in [7, 11) is 0. The zero-order valence-electron chi connectivity index (χ0n) is 32.0. The van der Waals surface area contributed by atoms with Crippen molar-refractivity contribution in [3.8, 4) is 11.1 Å². The van der Waals surface area contributed by atoms with Crippen LogP contribution < -0.4 is 10.6 Å². The number of carbonyl (C=O) groups is 3. The van der Waals surface area contributed by atoms with Crippen LogP contribution in [0.1, 0.15) is 120 Å². The molecule has 1 aliphatic carbocycles. The van der Waals surface area contributed by atoms with E-state index in [9.17, 15) is 19.5 Å². The van der Waals surface area contributed by atoms with E-state index < -0.39 is 12.3 Å². The predicted molar refractivity (Wildman–Crippen MR) is 207 cm³/mol. The van der Waals surface area contributed by atoms with Crippen molar-refractivity contribution >= 4 is 17.8 Å². The van der Waals surface area contributed by atoms with Crippen LogP contribution in [0.5, 0.6) is 0 Å². The Labute approximate surface area is 319 Å². The molecular formula is C44H57N3O7. The van der Waals surface area contributed by atoms with Gasteiger partial charge in [0.15, 0.2) is 6.29 Å². The molecule has 0 radical (unpaired) electrons. The molecule has 2 amide bonds. The minimum Gasteiger partial charge on any atom is -0.481 e. The largest absolute Gasteiger partial charge is 0.481 e. The van der Waals surface area contributed by atoms with Crippen molar-refractivity contribution in [3.05, 3.63) is 95.1 Å². The number of aliphatic hydroxyl groups excluding tert-OH is 1. The van der Waals surface area contributed by atoms with E-state index in [0.717, 1.165) is 52.6 Å². The highest BCUT2D eigenvalue weighted by molar-refractivity contribution is 5.82. The monoisotopic (exact) mass is 739 g/mol. The number of rotatable bonds is 13. The Kier molecular flexibility index (Phi) is 13.2. The van der Waals surface area contributed by atoms with Crippen LogP contribution in [0.4, 0.5) is 0 Å². The molecule has 3 aliphatic rings. The van der Waals surface area contributed by atoms with Gasteiger partial charge >= 0.3 is 5.97 Å². The van der Waals surface area contributed by atoms with Crippen LogP contribution in [0.2, 0.25) is 0 Å². The molecular weight excluding hydrogens is 682 g/mol. The number of carbonyl (C=O) groups excluding carboxylic acids is 2. The summed E-state index contributed by atoms with van der Waals surface area (Å²) in [5, 5.41) is 24.7. The van der Waals surface area contributed by atoms with E-state index in [1.54, 1.807) is 0 Å². The zero-order chi connectivity index (χ0) is 38.2. The summed E-state index contributed by atoms with van der Waals surface area (Å²) in [6.07, 6.45) is 6.65. The second-order valence-corrected chi connectivity index (χ2v) is 16.3. The molecule has 2 aliphatic heterocycles. The van der Waals surface area contributed by atoms with Gasteiger partial charge in [-0.3, -0.25) is 19.3 Å². The minimum absolute atomic E-state index is 0.0249. The summed E-state index contributed by atoms with van der Waals surface area (Å²) < 4.78 is 13.6. The molecule has 0 spiro atoms. The first-order valence-electron chi connectivity index (χ1n) is 19.7. The maximum Gasteiger partial charge on any atom is 0.303 e. The van der Waals surface area contributed by atoms with E-state index in [0.29, 0.717) is 37.9 Å². The number of amides is 2. The number of fused-ring (bicyclic) bond motifs is 1. The third-order valence-corrected chi connectivity index (χ3v) is 11.0. The number of hydrogen-bond donors (Lipinski definition) is 4. The molecule has 10 heteroatoms. The lowest BCUT2D eigenvalue weighted by atomic mass is 9.75. The van der Waals surface area contributed by atoms with Crippen molar-refractivity contribution in [2.45, 2.75) is 134 Å². The maximum atomic E-state index is 13.8. The van der Waals surface area contributed by atoms with E-state index in [1.165, 1.54) is 19.3 Å². The van der Waals surface area contributed by atoms with Gasteiger partial charge < -0.3 is 30.3 Å². The Hall–Kier alpha value is -4.09. The van der Waals surface area contributed by atoms with Crippen molar-refractivity contribution in [3.63, 3.8) is 0 Å². The third kappa shape index (κ3) is 10.6. The summed E-state index contributed by atoms with van der Waals surface area (Å²) in [5.41, 5.74) is 5.35. The van der Waals surface area contributed by atoms with Gasteiger partial charge in [-0.15, -0.1) is 0 Å². The number of benzene rings is 3. The molecule has 6 atom stereocenters. The van der Waals surface area contributed by atoms with E-state index >= 15 is 0 Å². The molecule has 2 saturated heterocycles. The highest BCUT2D eigenvalue weighted by Crippen LogP contribution is 2.42. The number of carboxylic acids is 1. The van der Waals surface area contributed by atoms with Gasteiger partial charge in [-0.1, -0.05) is 73.5 Å². The lowest BCUT2D eigenvalue weighted by molar-refractivity contribution is -0.255. The van der Waals surface area contributed by atoms with Crippen LogP contribution in [-0.4, -0.2) is 63.2 Å². The van der Waals surface area contributed by atoms with Gasteiger partial charge in [-0.05, 0) is 98.7 Å². The number of aliphatic carboxylic acids is 1. The molecule has 2 heterocycles. The fourth-order valence-electron chi connectivity index (χ4n) is 8.41. The molecule has 10 nitrogen and oxygen atoms in total. The topological polar surface area (TPSA) is 137 Å². The predicted octanol–water partition coefficient (Wildman–Crippen LogP) is 7.20. The maximum absolute atomic E-state index is 13.8. The van der Waals surface area contributed by atoms with Gasteiger partial charge in [-0.2, -0.15) is 0 Å². The summed E-state index contributed by atoms with van der Waals surface area (Å²) >= 11 is 0. The number of nitrogens with zero attached hydrogens (tertiary/aromatic N) is 1. The second kappa shape index (κ2) is 18.0. The van der Waals surface area contributed by atoms with Crippen molar-refractivity contribution < 1.29 is 34.1 Å². The number of hydrogen-bond acceptors (Lipinski definition) is 7. The molecule has 0 aromatic heterocycles. The first-order chi connectivity index (χ1) is 26.0. The van der Waals surface area contributed by atoms with Gasteiger partial charge in [0.05, 0.1) is 24.9 Å². The Bertz CT molecular complexity index is 1740. The first-order valence-corrected chi connectivity index (χ1v) is 19.7. The van der Waals surface area contributed by atoms with Crippen molar-refractivity contribution in [1.82, 2.24) is 15.5 Å². The SMILES string of the molecule is CC(C)(C)NC(=O)C1CCC2CCCCC2N1CC1CC(c2ccc(CO)cc2)OC(c2cccc(-c3cccc(CNC(=O)CCCC(=O)O)c3)c2)O1. The van der Waals surface area contributed by atoms with Gasteiger partial charge in [-0.25, -0.2) is 0 Å². The average molecular weight is 740 g/mol. The molecule has 6 unspecified atom stereocenters. The van der Waals surface area contributed by atoms with Crippen LogP contribution in [0.3, 0.4) is 0 Å². The fraction of sp³-hybridized carbons (Fsp3) is 0.523. The normalized spacial score (nSPS) is 24.7. The fourth-order valence-corrected chi connectivity index (χ4v) is 8.41. The summed E-state index contributed by atoms with van der Waals surface area (Å²) in [6.45, 7) is 7.07. The van der Waals surface area contributed by atoms with Gasteiger partial charge in [0, 0.05) is 49.5 Å². The molecule has 3 fully saturated rings. The lowest BCUT2D eigenvalue weighted by Gasteiger charge is -2.50. The molecule has 3 aromatic carbocycles. The Morgan fingerprint density at radius 2 is 1.57 bits per heavy atom. The van der Waals surface area contributed by atoms with Gasteiger partial charge in [0.25, 0.3) is 0 Å². The van der Waals surface area contributed by atoms with E-state index in [2.05, 4.69) is 21.6 Å². The number of aliphatic hydroxyl groups is 1. The highest BCUT2D eigenvalue weighted by Gasteiger charge is 2.44. The van der Waals surface area contributed by atoms with Crippen molar-refractivity contribution in [2.24, 2.45) is 5.92 Å². The molecule has 1 saturated carbocycles. The van der Waals surface area contributed by atoms with Crippen LogP contribution in [0, 0.1) is 5.92 Å². The number of piperidine rings is 1. The summed E-state index contributed by atoms with van der Waals surface area (Å²) in [4.78, 5) is 39.4. The Morgan fingerprint density at radius 3 is 2.31 bits per heavy atom. The minimum atomic E-state index is -0.904. The van der Waals surface area contributed by atoms with Gasteiger partial charge in [0.2, 0.25) is 11.8 Å². The van der Waals surface area contributed by atoms with Crippen LogP contribution in [-0.2, 0) is 37.0 Å². The quantitative estimate of drug-likeness (QED) is 0.145. The number of nitrogens with one attached hydrogen (secondary N) is 2. The lowest BCUT2D eigenvalue weighted by Crippen LogP contribution is -2.61. The van der Waals surface area contributed by atoms with Crippen molar-refractivity contribution in [1.29, 1.82) is 0 Å². The van der Waals surface area contributed by atoms with Crippen molar-refractivity contribution in [2.75, 3.05) is 6.54 Å².